The SMILES string of the molecule is COc1cnc2c(-c3nc4ccc5c(c4s3)CC(CN(C(=O)O)c3ccc([N+](=O)[O-])cc3)O5)cc(C)cc2n1. The van der Waals surface area contributed by atoms with Crippen molar-refractivity contribution in [2.24, 2.45) is 0 Å². The third-order valence-corrected chi connectivity index (χ3v) is 7.70. The summed E-state index contributed by atoms with van der Waals surface area (Å²) in [4.78, 5) is 37.6. The van der Waals surface area contributed by atoms with Crippen LogP contribution in [0.5, 0.6) is 11.6 Å². The van der Waals surface area contributed by atoms with Crippen LogP contribution in [0.25, 0.3) is 31.8 Å². The van der Waals surface area contributed by atoms with Crippen molar-refractivity contribution in [3.8, 4) is 22.2 Å². The van der Waals surface area contributed by atoms with Gasteiger partial charge in [-0.05, 0) is 48.9 Å². The molecule has 1 amide bonds. The van der Waals surface area contributed by atoms with Gasteiger partial charge in [0.25, 0.3) is 5.69 Å². The molecule has 6 rings (SSSR count). The van der Waals surface area contributed by atoms with Crippen molar-refractivity contribution in [1.82, 2.24) is 15.0 Å². The highest BCUT2D eigenvalue weighted by Gasteiger charge is 2.30. The quantitative estimate of drug-likeness (QED) is 0.213. The van der Waals surface area contributed by atoms with Crippen LogP contribution in [-0.4, -0.2) is 50.8 Å². The molecule has 196 valence electrons. The molecule has 1 unspecified atom stereocenters. The summed E-state index contributed by atoms with van der Waals surface area (Å²) in [7, 11) is 1.55. The van der Waals surface area contributed by atoms with E-state index in [1.54, 1.807) is 13.3 Å². The molecule has 12 heteroatoms. The number of rotatable bonds is 6. The molecular formula is C27H21N5O6S. The molecule has 3 heterocycles. The molecule has 0 radical (unpaired) electrons. The van der Waals surface area contributed by atoms with E-state index in [2.05, 4.69) is 9.97 Å². The second-order valence-electron chi connectivity index (χ2n) is 9.11. The minimum Gasteiger partial charge on any atom is -0.488 e. The van der Waals surface area contributed by atoms with Crippen LogP contribution < -0.4 is 14.4 Å². The van der Waals surface area contributed by atoms with Gasteiger partial charge in [-0.15, -0.1) is 11.3 Å². The van der Waals surface area contributed by atoms with E-state index in [0.29, 0.717) is 23.7 Å². The topological polar surface area (TPSA) is 141 Å². The van der Waals surface area contributed by atoms with Gasteiger partial charge < -0.3 is 14.6 Å². The number of thiazole rings is 1. The van der Waals surface area contributed by atoms with Gasteiger partial charge in [0.1, 0.15) is 16.9 Å². The van der Waals surface area contributed by atoms with Crippen LogP contribution in [0.2, 0.25) is 0 Å². The van der Waals surface area contributed by atoms with Gasteiger partial charge >= 0.3 is 6.09 Å². The molecule has 1 aliphatic rings. The van der Waals surface area contributed by atoms with E-state index in [1.807, 2.05) is 31.2 Å². The number of ether oxygens (including phenoxy) is 2. The van der Waals surface area contributed by atoms with Gasteiger partial charge in [0.15, 0.2) is 0 Å². The number of amides is 1. The monoisotopic (exact) mass is 543 g/mol. The number of non-ortho nitro benzene ring substituents is 1. The molecule has 2 aromatic heterocycles. The van der Waals surface area contributed by atoms with Crippen LogP contribution in [0, 0.1) is 17.0 Å². The Bertz CT molecular complexity index is 1770. The van der Waals surface area contributed by atoms with Crippen molar-refractivity contribution in [2.75, 3.05) is 18.6 Å². The molecular weight excluding hydrogens is 522 g/mol. The minimum atomic E-state index is -1.17. The second kappa shape index (κ2) is 9.48. The zero-order valence-corrected chi connectivity index (χ0v) is 21.6. The maximum Gasteiger partial charge on any atom is 0.411 e. The summed E-state index contributed by atoms with van der Waals surface area (Å²) >= 11 is 1.53. The molecule has 0 bridgehead atoms. The van der Waals surface area contributed by atoms with Crippen molar-refractivity contribution in [3.05, 3.63) is 76.0 Å². The number of fused-ring (bicyclic) bond motifs is 4. The molecule has 0 spiro atoms. The lowest BCUT2D eigenvalue weighted by atomic mass is 10.1. The third-order valence-electron chi connectivity index (χ3n) is 6.54. The Balaban J connectivity index is 1.31. The highest BCUT2D eigenvalue weighted by Crippen LogP contribution is 2.42. The van der Waals surface area contributed by atoms with Gasteiger partial charge in [-0.3, -0.25) is 15.0 Å². The Morgan fingerprint density at radius 3 is 2.72 bits per heavy atom. The Morgan fingerprint density at radius 1 is 1.21 bits per heavy atom. The summed E-state index contributed by atoms with van der Waals surface area (Å²) in [5.41, 5.74) is 5.36. The van der Waals surface area contributed by atoms with Gasteiger partial charge in [-0.2, -0.15) is 0 Å². The first-order valence-corrected chi connectivity index (χ1v) is 12.8. The molecule has 0 aliphatic carbocycles. The van der Waals surface area contributed by atoms with Crippen LogP contribution in [-0.2, 0) is 6.42 Å². The molecule has 3 aromatic carbocycles. The number of hydrogen-bond donors (Lipinski definition) is 1. The Kier molecular flexibility index (Phi) is 5.95. The first kappa shape index (κ1) is 24.5. The fourth-order valence-corrected chi connectivity index (χ4v) is 5.89. The molecule has 1 atom stereocenters. The predicted molar refractivity (Wildman–Crippen MR) is 146 cm³/mol. The van der Waals surface area contributed by atoms with Crippen LogP contribution in [0.1, 0.15) is 11.1 Å². The number of aromatic nitrogens is 3. The van der Waals surface area contributed by atoms with Gasteiger partial charge in [0.05, 0.1) is 46.0 Å². The van der Waals surface area contributed by atoms with Gasteiger partial charge in [0.2, 0.25) is 5.88 Å². The standard InChI is InChI=1S/C27H21N5O6S/c1-14-9-19(24-21(10-14)29-23(37-2)12-28-24)26-30-20-7-8-22-18(25(20)39-26)11-17(38-22)13-31(27(33)34)15-3-5-16(6-4-15)32(35)36/h3-10,12,17H,11,13H2,1-2H3,(H,33,34). The van der Waals surface area contributed by atoms with E-state index in [9.17, 15) is 20.0 Å². The lowest BCUT2D eigenvalue weighted by Crippen LogP contribution is -2.38. The van der Waals surface area contributed by atoms with Gasteiger partial charge in [0, 0.05) is 35.4 Å². The number of carbonyl (C=O) groups is 1. The van der Waals surface area contributed by atoms with E-state index in [4.69, 9.17) is 14.5 Å². The van der Waals surface area contributed by atoms with Crippen molar-refractivity contribution in [1.29, 1.82) is 0 Å². The smallest absolute Gasteiger partial charge is 0.411 e. The van der Waals surface area contributed by atoms with Crippen LogP contribution in [0.3, 0.4) is 0 Å². The van der Waals surface area contributed by atoms with Crippen LogP contribution in [0.15, 0.2) is 54.7 Å². The number of nitrogens with zero attached hydrogens (tertiary/aromatic N) is 5. The van der Waals surface area contributed by atoms with Crippen molar-refractivity contribution in [3.63, 3.8) is 0 Å². The summed E-state index contributed by atoms with van der Waals surface area (Å²) < 4.78 is 12.3. The van der Waals surface area contributed by atoms with E-state index in [1.165, 1.54) is 35.6 Å². The average molecular weight is 544 g/mol. The molecule has 11 nitrogen and oxygen atoms in total. The number of carboxylic acid groups (broad SMARTS) is 1. The highest BCUT2D eigenvalue weighted by molar-refractivity contribution is 7.22. The lowest BCUT2D eigenvalue weighted by molar-refractivity contribution is -0.384. The molecule has 0 saturated carbocycles. The fourth-order valence-electron chi connectivity index (χ4n) is 4.76. The first-order valence-electron chi connectivity index (χ1n) is 12.0. The third kappa shape index (κ3) is 4.44. The van der Waals surface area contributed by atoms with Gasteiger partial charge in [-0.1, -0.05) is 0 Å². The predicted octanol–water partition coefficient (Wildman–Crippen LogP) is 5.62. The zero-order chi connectivity index (χ0) is 27.3. The van der Waals surface area contributed by atoms with E-state index >= 15 is 0 Å². The van der Waals surface area contributed by atoms with E-state index in [0.717, 1.165) is 47.8 Å². The average Bonchev–Trinajstić information content (AvgIpc) is 3.54. The summed E-state index contributed by atoms with van der Waals surface area (Å²) in [6.45, 7) is 2.06. The maximum atomic E-state index is 12.0. The van der Waals surface area contributed by atoms with Crippen LogP contribution >= 0.6 is 11.3 Å². The van der Waals surface area contributed by atoms with E-state index < -0.39 is 17.1 Å². The number of benzene rings is 3. The van der Waals surface area contributed by atoms with E-state index in [-0.39, 0.29) is 12.2 Å². The number of hydrogen-bond acceptors (Lipinski definition) is 9. The molecule has 1 aliphatic heterocycles. The zero-order valence-electron chi connectivity index (χ0n) is 20.8. The molecule has 0 saturated heterocycles. The molecule has 39 heavy (non-hydrogen) atoms. The number of nitro benzene ring substituents is 1. The summed E-state index contributed by atoms with van der Waals surface area (Å²) in [5, 5.41) is 21.6. The first-order chi connectivity index (χ1) is 18.8. The number of aryl methyl sites for hydroxylation is 1. The fraction of sp³-hybridized carbons (Fsp3) is 0.185. The molecule has 1 N–H and O–H groups in total. The Hall–Kier alpha value is -4.84. The summed E-state index contributed by atoms with van der Waals surface area (Å²) in [5.74, 6) is 1.13. The van der Waals surface area contributed by atoms with Crippen molar-refractivity contribution >= 4 is 50.1 Å². The minimum absolute atomic E-state index is 0.0644. The molecule has 0 fully saturated rings. The summed E-state index contributed by atoms with van der Waals surface area (Å²) in [6.07, 6.45) is 0.485. The summed E-state index contributed by atoms with van der Waals surface area (Å²) in [6, 6.07) is 13.2. The molecule has 5 aromatic rings. The maximum absolute atomic E-state index is 12.0. The second-order valence-corrected chi connectivity index (χ2v) is 10.1. The van der Waals surface area contributed by atoms with Crippen LogP contribution in [0.4, 0.5) is 16.2 Å². The van der Waals surface area contributed by atoms with Gasteiger partial charge in [-0.25, -0.2) is 19.7 Å². The normalized spacial score (nSPS) is 14.3. The Morgan fingerprint density at radius 2 is 2.00 bits per heavy atom. The Labute approximate surface area is 225 Å². The number of anilines is 1. The highest BCUT2D eigenvalue weighted by atomic mass is 32.1. The van der Waals surface area contributed by atoms with Crippen molar-refractivity contribution < 1.29 is 24.3 Å². The lowest BCUT2D eigenvalue weighted by Gasteiger charge is -2.22. The number of methoxy groups -OCH3 is 1. The van der Waals surface area contributed by atoms with Crippen molar-refractivity contribution in [2.45, 2.75) is 19.4 Å². The largest absolute Gasteiger partial charge is 0.488 e. The number of nitro groups is 1.